The normalized spacial score (nSPS) is 11.0. The third kappa shape index (κ3) is 3.24. The van der Waals surface area contributed by atoms with Crippen molar-refractivity contribution in [2.24, 2.45) is 0 Å². The monoisotopic (exact) mass is 378 g/mol. The molecule has 0 amide bonds. The van der Waals surface area contributed by atoms with Gasteiger partial charge in [-0.3, -0.25) is 10.1 Å². The van der Waals surface area contributed by atoms with Crippen molar-refractivity contribution >= 4 is 28.0 Å². The van der Waals surface area contributed by atoms with E-state index in [0.29, 0.717) is 16.7 Å². The highest BCUT2D eigenvalue weighted by molar-refractivity contribution is 7.13. The second-order valence-corrected chi connectivity index (χ2v) is 7.04. The van der Waals surface area contributed by atoms with Gasteiger partial charge >= 0.3 is 5.63 Å². The number of hydrogen-bond acceptors (Lipinski definition) is 6. The van der Waals surface area contributed by atoms with Crippen LogP contribution in [0, 0.1) is 17.0 Å². The Morgan fingerprint density at radius 3 is 2.81 bits per heavy atom. The molecule has 0 saturated carbocycles. The summed E-state index contributed by atoms with van der Waals surface area (Å²) in [5, 5.41) is 14.6. The van der Waals surface area contributed by atoms with E-state index < -0.39 is 10.5 Å². The zero-order valence-corrected chi connectivity index (χ0v) is 15.2. The van der Waals surface area contributed by atoms with Crippen LogP contribution in [0.4, 0.5) is 5.69 Å². The first-order valence-electron chi connectivity index (χ1n) is 8.22. The molecule has 6 nitrogen and oxygen atoms in total. The fraction of sp³-hybridized carbons (Fsp3) is 0.100. The minimum Gasteiger partial charge on any atom is -0.422 e. The van der Waals surface area contributed by atoms with Crippen LogP contribution in [0.3, 0.4) is 0 Å². The Morgan fingerprint density at radius 1 is 1.22 bits per heavy atom. The first kappa shape index (κ1) is 17.1. The summed E-state index contributed by atoms with van der Waals surface area (Å²) in [4.78, 5) is 27.4. The third-order valence-electron chi connectivity index (χ3n) is 4.47. The second kappa shape index (κ2) is 6.77. The topological polar surface area (TPSA) is 86.2 Å². The lowest BCUT2D eigenvalue weighted by Gasteiger charge is -2.09. The molecule has 0 radical (unpaired) electrons. The van der Waals surface area contributed by atoms with E-state index >= 15 is 0 Å². The fourth-order valence-corrected chi connectivity index (χ4v) is 3.72. The molecule has 0 fully saturated rings. The summed E-state index contributed by atoms with van der Waals surface area (Å²) in [7, 11) is 0. The molecule has 4 rings (SSSR count). The predicted molar refractivity (Wildman–Crippen MR) is 104 cm³/mol. The van der Waals surface area contributed by atoms with E-state index in [1.54, 1.807) is 18.3 Å². The van der Waals surface area contributed by atoms with Crippen molar-refractivity contribution in [2.75, 3.05) is 0 Å². The first-order chi connectivity index (χ1) is 13.0. The van der Waals surface area contributed by atoms with Gasteiger partial charge in [-0.25, -0.2) is 9.78 Å². The van der Waals surface area contributed by atoms with Crippen LogP contribution in [0.25, 0.3) is 21.5 Å². The van der Waals surface area contributed by atoms with Gasteiger partial charge in [0.1, 0.15) is 10.6 Å². The number of nitro groups is 1. The van der Waals surface area contributed by atoms with E-state index in [1.807, 2.05) is 30.5 Å². The molecule has 0 atom stereocenters. The minimum atomic E-state index is -0.445. The maximum Gasteiger partial charge on any atom is 0.340 e. The van der Waals surface area contributed by atoms with Crippen LogP contribution in [0.15, 0.2) is 63.3 Å². The molecule has 0 spiro atoms. The lowest BCUT2D eigenvalue weighted by Crippen LogP contribution is -2.11. The van der Waals surface area contributed by atoms with E-state index in [2.05, 4.69) is 4.98 Å². The predicted octanol–water partition coefficient (Wildman–Crippen LogP) is 4.72. The maximum atomic E-state index is 12.6. The molecule has 0 bridgehead atoms. The van der Waals surface area contributed by atoms with Crippen LogP contribution < -0.4 is 5.63 Å². The van der Waals surface area contributed by atoms with E-state index in [9.17, 15) is 14.9 Å². The molecule has 0 saturated heterocycles. The number of aryl methyl sites for hydroxylation is 1. The molecule has 0 aliphatic heterocycles. The molecular weight excluding hydrogens is 364 g/mol. The molecule has 2 aromatic carbocycles. The largest absolute Gasteiger partial charge is 0.422 e. The summed E-state index contributed by atoms with van der Waals surface area (Å²) >= 11 is 1.52. The van der Waals surface area contributed by atoms with Crippen molar-refractivity contribution in [3.05, 3.63) is 91.3 Å². The number of aromatic nitrogens is 1. The zero-order chi connectivity index (χ0) is 19.0. The molecule has 7 heteroatoms. The van der Waals surface area contributed by atoms with Gasteiger partial charge in [0.05, 0.1) is 4.92 Å². The van der Waals surface area contributed by atoms with Crippen molar-refractivity contribution in [3.63, 3.8) is 0 Å². The van der Waals surface area contributed by atoms with Gasteiger partial charge in [-0.15, -0.1) is 11.3 Å². The lowest BCUT2D eigenvalue weighted by atomic mass is 9.99. The van der Waals surface area contributed by atoms with Crippen LogP contribution >= 0.6 is 11.3 Å². The molecule has 4 aromatic rings. The Morgan fingerprint density at radius 2 is 2.07 bits per heavy atom. The fourth-order valence-electron chi connectivity index (χ4n) is 3.08. The van der Waals surface area contributed by atoms with E-state index in [4.69, 9.17) is 4.42 Å². The summed E-state index contributed by atoms with van der Waals surface area (Å²) in [5.74, 6) is 0. The van der Waals surface area contributed by atoms with E-state index in [1.165, 1.54) is 23.5 Å². The SMILES string of the molecule is Cc1c(Cc2cccc([N+](=O)[O-])c2)c(=O)oc2cc(-c3nccs3)ccc12. The highest BCUT2D eigenvalue weighted by atomic mass is 32.1. The van der Waals surface area contributed by atoms with E-state index in [-0.39, 0.29) is 12.1 Å². The second-order valence-electron chi connectivity index (χ2n) is 6.15. The number of rotatable bonds is 4. The highest BCUT2D eigenvalue weighted by Crippen LogP contribution is 2.28. The quantitative estimate of drug-likeness (QED) is 0.291. The number of nitro benzene ring substituents is 1. The van der Waals surface area contributed by atoms with Crippen molar-refractivity contribution in [1.82, 2.24) is 4.98 Å². The van der Waals surface area contributed by atoms with Gasteiger partial charge in [0, 0.05) is 46.6 Å². The maximum absolute atomic E-state index is 12.6. The van der Waals surface area contributed by atoms with Crippen LogP contribution in [0.1, 0.15) is 16.7 Å². The smallest absolute Gasteiger partial charge is 0.340 e. The number of nitrogens with zero attached hydrogens (tertiary/aromatic N) is 2. The zero-order valence-electron chi connectivity index (χ0n) is 14.3. The van der Waals surface area contributed by atoms with Gasteiger partial charge in [-0.2, -0.15) is 0 Å². The number of non-ortho nitro benzene ring substituents is 1. The van der Waals surface area contributed by atoms with Gasteiger partial charge in [0.15, 0.2) is 0 Å². The molecule has 2 aromatic heterocycles. The highest BCUT2D eigenvalue weighted by Gasteiger charge is 2.15. The summed E-state index contributed by atoms with van der Waals surface area (Å²) in [6.45, 7) is 1.87. The molecule has 0 aliphatic carbocycles. The van der Waals surface area contributed by atoms with E-state index in [0.717, 1.165) is 21.5 Å². The number of benzene rings is 2. The summed E-state index contributed by atoms with van der Waals surface area (Å²) < 4.78 is 5.55. The average Bonchev–Trinajstić information content (AvgIpc) is 3.19. The Balaban J connectivity index is 1.78. The third-order valence-corrected chi connectivity index (χ3v) is 5.29. The van der Waals surface area contributed by atoms with Crippen molar-refractivity contribution in [2.45, 2.75) is 13.3 Å². The number of hydrogen-bond donors (Lipinski definition) is 0. The summed E-state index contributed by atoms with van der Waals surface area (Å²) in [6.07, 6.45) is 2.01. The van der Waals surface area contributed by atoms with Gasteiger partial charge in [-0.1, -0.05) is 24.3 Å². The summed E-state index contributed by atoms with van der Waals surface area (Å²) in [6, 6.07) is 12.0. The molecular formula is C20H14N2O4S. The standard InChI is InChI=1S/C20H14N2O4S/c1-12-16-6-5-14(19-21-7-8-27-19)11-18(16)26-20(23)17(12)10-13-3-2-4-15(9-13)22(24)25/h2-9,11H,10H2,1H3. The van der Waals surface area contributed by atoms with Crippen LogP contribution in [0.5, 0.6) is 0 Å². The lowest BCUT2D eigenvalue weighted by molar-refractivity contribution is -0.384. The number of fused-ring (bicyclic) bond motifs is 1. The van der Waals surface area contributed by atoms with Gasteiger partial charge in [-0.05, 0) is 24.1 Å². The van der Waals surface area contributed by atoms with Crippen LogP contribution in [-0.2, 0) is 6.42 Å². The van der Waals surface area contributed by atoms with Crippen LogP contribution in [0.2, 0.25) is 0 Å². The van der Waals surface area contributed by atoms with Crippen molar-refractivity contribution < 1.29 is 9.34 Å². The molecule has 134 valence electrons. The van der Waals surface area contributed by atoms with Crippen molar-refractivity contribution in [1.29, 1.82) is 0 Å². The molecule has 2 heterocycles. The first-order valence-corrected chi connectivity index (χ1v) is 9.10. The van der Waals surface area contributed by atoms with Crippen molar-refractivity contribution in [3.8, 4) is 10.6 Å². The Kier molecular flexibility index (Phi) is 4.29. The number of thiazole rings is 1. The van der Waals surface area contributed by atoms with Gasteiger partial charge in [0.25, 0.3) is 5.69 Å². The Bertz CT molecular complexity index is 1210. The average molecular weight is 378 g/mol. The minimum absolute atomic E-state index is 0.00317. The Hall–Kier alpha value is -3.32. The molecule has 0 aliphatic rings. The summed E-state index contributed by atoms with van der Waals surface area (Å²) in [5.41, 5.74) is 2.99. The van der Waals surface area contributed by atoms with Gasteiger partial charge < -0.3 is 4.42 Å². The Labute approximate surface area is 157 Å². The molecule has 0 unspecified atom stereocenters. The molecule has 0 N–H and O–H groups in total. The molecule has 27 heavy (non-hydrogen) atoms. The van der Waals surface area contributed by atoms with Gasteiger partial charge in [0.2, 0.25) is 0 Å². The van der Waals surface area contributed by atoms with Crippen LogP contribution in [-0.4, -0.2) is 9.91 Å².